The van der Waals surface area contributed by atoms with Crippen molar-refractivity contribution in [1.29, 1.82) is 0 Å². The van der Waals surface area contributed by atoms with Gasteiger partial charge in [-0.05, 0) is 24.3 Å². The minimum atomic E-state index is -0.577. The van der Waals surface area contributed by atoms with E-state index in [-0.39, 0.29) is 5.88 Å². The predicted octanol–water partition coefficient (Wildman–Crippen LogP) is 2.17. The van der Waals surface area contributed by atoms with E-state index in [9.17, 15) is 5.11 Å². The number of rotatable bonds is 7. The molecular formula is C15H18ClN3O3. The highest BCUT2D eigenvalue weighted by molar-refractivity contribution is 6.18. The van der Waals surface area contributed by atoms with Crippen LogP contribution in [0.2, 0.25) is 0 Å². The van der Waals surface area contributed by atoms with E-state index in [2.05, 4.69) is 15.3 Å². The molecule has 0 fully saturated rings. The Morgan fingerprint density at radius 3 is 2.23 bits per heavy atom. The molecule has 0 amide bonds. The first-order valence-electron chi connectivity index (χ1n) is 6.71. The van der Waals surface area contributed by atoms with E-state index in [1.165, 1.54) is 0 Å². The topological polar surface area (TPSA) is 76.5 Å². The van der Waals surface area contributed by atoms with Crippen LogP contribution >= 0.6 is 11.6 Å². The molecule has 2 rings (SSSR count). The molecule has 0 saturated heterocycles. The van der Waals surface area contributed by atoms with Crippen molar-refractivity contribution < 1.29 is 14.6 Å². The highest BCUT2D eigenvalue weighted by atomic mass is 35.5. The summed E-state index contributed by atoms with van der Waals surface area (Å²) in [5.41, 5.74) is 1.71. The number of aliphatic hydroxyl groups excluding tert-OH is 1. The second-order valence-corrected chi connectivity index (χ2v) is 4.85. The van der Waals surface area contributed by atoms with Gasteiger partial charge in [-0.15, -0.1) is 11.6 Å². The van der Waals surface area contributed by atoms with Gasteiger partial charge < -0.3 is 19.9 Å². The lowest BCUT2D eigenvalue weighted by Crippen LogP contribution is -2.20. The molecule has 0 spiro atoms. The zero-order chi connectivity index (χ0) is 15.9. The number of nitrogens with one attached hydrogen (secondary N) is 1. The van der Waals surface area contributed by atoms with Gasteiger partial charge in [0.05, 0.1) is 32.3 Å². The maximum atomic E-state index is 9.42. The van der Waals surface area contributed by atoms with Crippen molar-refractivity contribution in [3.63, 3.8) is 0 Å². The van der Waals surface area contributed by atoms with E-state index in [0.29, 0.717) is 24.1 Å². The summed E-state index contributed by atoms with van der Waals surface area (Å²) in [6.45, 7) is 0.395. The first-order valence-corrected chi connectivity index (χ1v) is 7.25. The van der Waals surface area contributed by atoms with Crippen LogP contribution in [0.15, 0.2) is 30.3 Å². The van der Waals surface area contributed by atoms with Crippen molar-refractivity contribution in [1.82, 2.24) is 9.97 Å². The summed E-state index contributed by atoms with van der Waals surface area (Å²) < 4.78 is 10.3. The van der Waals surface area contributed by atoms with Crippen LogP contribution in [-0.2, 0) is 0 Å². The van der Waals surface area contributed by atoms with Gasteiger partial charge in [0, 0.05) is 17.8 Å². The zero-order valence-electron chi connectivity index (χ0n) is 12.4. The number of hydrogen-bond acceptors (Lipinski definition) is 6. The number of benzene rings is 1. The number of hydrogen-bond donors (Lipinski definition) is 2. The fourth-order valence-electron chi connectivity index (χ4n) is 1.77. The first kappa shape index (κ1) is 16.3. The molecule has 6 nitrogen and oxygen atoms in total. The van der Waals surface area contributed by atoms with Gasteiger partial charge in [0.2, 0.25) is 11.8 Å². The number of ether oxygens (including phenoxy) is 2. The van der Waals surface area contributed by atoms with E-state index in [1.54, 1.807) is 20.3 Å². The minimum absolute atomic E-state index is 0.197. The fourth-order valence-corrected chi connectivity index (χ4v) is 1.88. The Morgan fingerprint density at radius 1 is 1.14 bits per heavy atom. The van der Waals surface area contributed by atoms with Crippen molar-refractivity contribution in [3.8, 4) is 23.1 Å². The molecule has 1 atom stereocenters. The quantitative estimate of drug-likeness (QED) is 0.761. The van der Waals surface area contributed by atoms with Crippen LogP contribution in [0, 0.1) is 0 Å². The second kappa shape index (κ2) is 7.82. The van der Waals surface area contributed by atoms with Crippen molar-refractivity contribution in [2.75, 3.05) is 32.0 Å². The molecule has 0 aliphatic heterocycles. The highest BCUT2D eigenvalue weighted by Gasteiger charge is 2.08. The Bertz CT molecular complexity index is 585. The molecule has 118 valence electrons. The summed E-state index contributed by atoms with van der Waals surface area (Å²) in [6, 6.07) is 9.14. The molecule has 0 saturated carbocycles. The standard InChI is InChI=1S/C15H18ClN3O3/c1-21-13-7-14(22-2)19-15(18-13)10-3-5-11(6-4-10)17-9-12(20)8-16/h3-7,12,17,20H,8-9H2,1-2H3. The number of anilines is 1. The maximum Gasteiger partial charge on any atom is 0.220 e. The third kappa shape index (κ3) is 4.22. The van der Waals surface area contributed by atoms with Gasteiger partial charge in [0.1, 0.15) is 0 Å². The largest absolute Gasteiger partial charge is 0.481 e. The average molecular weight is 324 g/mol. The van der Waals surface area contributed by atoms with Crippen LogP contribution in [-0.4, -0.2) is 47.8 Å². The van der Waals surface area contributed by atoms with E-state index in [1.807, 2.05) is 24.3 Å². The zero-order valence-corrected chi connectivity index (χ0v) is 13.2. The number of methoxy groups -OCH3 is 2. The average Bonchev–Trinajstić information content (AvgIpc) is 2.59. The van der Waals surface area contributed by atoms with Gasteiger partial charge >= 0.3 is 0 Å². The Labute approximate surface area is 134 Å². The molecule has 1 aromatic carbocycles. The Kier molecular flexibility index (Phi) is 5.80. The lowest BCUT2D eigenvalue weighted by molar-refractivity contribution is 0.211. The predicted molar refractivity (Wildman–Crippen MR) is 85.8 cm³/mol. The van der Waals surface area contributed by atoms with E-state index >= 15 is 0 Å². The van der Waals surface area contributed by atoms with Gasteiger partial charge in [-0.2, -0.15) is 9.97 Å². The van der Waals surface area contributed by atoms with E-state index < -0.39 is 6.10 Å². The highest BCUT2D eigenvalue weighted by Crippen LogP contribution is 2.23. The first-order chi connectivity index (χ1) is 10.7. The van der Waals surface area contributed by atoms with Crippen molar-refractivity contribution >= 4 is 17.3 Å². The Hall–Kier alpha value is -2.05. The maximum absolute atomic E-state index is 9.42. The molecule has 22 heavy (non-hydrogen) atoms. The van der Waals surface area contributed by atoms with Gasteiger partial charge in [-0.25, -0.2) is 0 Å². The van der Waals surface area contributed by atoms with Crippen molar-refractivity contribution in [2.24, 2.45) is 0 Å². The molecule has 0 bridgehead atoms. The summed E-state index contributed by atoms with van der Waals surface area (Å²) >= 11 is 5.55. The van der Waals surface area contributed by atoms with Gasteiger partial charge in [-0.3, -0.25) is 0 Å². The molecule has 2 N–H and O–H groups in total. The molecular weight excluding hydrogens is 306 g/mol. The SMILES string of the molecule is COc1cc(OC)nc(-c2ccc(NCC(O)CCl)cc2)n1. The van der Waals surface area contributed by atoms with Crippen LogP contribution < -0.4 is 14.8 Å². The van der Waals surface area contributed by atoms with Crippen LogP contribution in [0.25, 0.3) is 11.4 Å². The molecule has 7 heteroatoms. The van der Waals surface area contributed by atoms with Crippen LogP contribution in [0.4, 0.5) is 5.69 Å². The summed E-state index contributed by atoms with van der Waals surface area (Å²) in [7, 11) is 3.08. The number of alkyl halides is 1. The van der Waals surface area contributed by atoms with Gasteiger partial charge in [-0.1, -0.05) is 0 Å². The third-order valence-electron chi connectivity index (χ3n) is 2.96. The van der Waals surface area contributed by atoms with Crippen LogP contribution in [0.3, 0.4) is 0 Å². The molecule has 0 aliphatic carbocycles. The number of nitrogens with zero attached hydrogens (tertiary/aromatic N) is 2. The number of halogens is 1. The lowest BCUT2D eigenvalue weighted by atomic mass is 10.2. The van der Waals surface area contributed by atoms with Crippen molar-refractivity contribution in [3.05, 3.63) is 30.3 Å². The molecule has 0 aliphatic rings. The summed E-state index contributed by atoms with van der Waals surface area (Å²) in [6.07, 6.45) is -0.577. The summed E-state index contributed by atoms with van der Waals surface area (Å²) in [5.74, 6) is 1.59. The summed E-state index contributed by atoms with van der Waals surface area (Å²) in [5, 5.41) is 12.5. The molecule has 1 unspecified atom stereocenters. The molecule has 1 aromatic heterocycles. The molecule has 2 aromatic rings. The lowest BCUT2D eigenvalue weighted by Gasteiger charge is -2.11. The van der Waals surface area contributed by atoms with Gasteiger partial charge in [0.25, 0.3) is 0 Å². The molecule has 1 heterocycles. The van der Waals surface area contributed by atoms with Crippen LogP contribution in [0.5, 0.6) is 11.8 Å². The smallest absolute Gasteiger partial charge is 0.220 e. The Balaban J connectivity index is 2.16. The van der Waals surface area contributed by atoms with Crippen molar-refractivity contribution in [2.45, 2.75) is 6.10 Å². The number of aliphatic hydroxyl groups is 1. The van der Waals surface area contributed by atoms with Crippen LogP contribution in [0.1, 0.15) is 0 Å². The molecule has 0 radical (unpaired) electrons. The second-order valence-electron chi connectivity index (χ2n) is 4.54. The van der Waals surface area contributed by atoms with E-state index in [0.717, 1.165) is 11.3 Å². The number of aromatic nitrogens is 2. The third-order valence-corrected chi connectivity index (χ3v) is 3.32. The normalized spacial score (nSPS) is 11.8. The Morgan fingerprint density at radius 2 is 1.73 bits per heavy atom. The van der Waals surface area contributed by atoms with Gasteiger partial charge in [0.15, 0.2) is 5.82 Å². The minimum Gasteiger partial charge on any atom is -0.481 e. The van der Waals surface area contributed by atoms with E-state index in [4.69, 9.17) is 21.1 Å². The monoisotopic (exact) mass is 323 g/mol. The fraction of sp³-hybridized carbons (Fsp3) is 0.333. The summed E-state index contributed by atoms with van der Waals surface area (Å²) in [4.78, 5) is 8.59.